The first-order valence-electron chi connectivity index (χ1n) is 5.96. The molecule has 0 spiro atoms. The molecule has 1 amide bonds. The molecule has 0 heterocycles. The second-order valence-electron chi connectivity index (χ2n) is 5.50. The van der Waals surface area contributed by atoms with E-state index in [1.165, 1.54) is 4.90 Å². The number of nitrogen functional groups attached to an aromatic ring is 1. The average Bonchev–Trinajstić information content (AvgIpc) is 2.20. The summed E-state index contributed by atoms with van der Waals surface area (Å²) in [7, 11) is 1.68. The normalized spacial score (nSPS) is 11.4. The topological polar surface area (TPSA) is 66.6 Å². The fourth-order valence-electron chi connectivity index (χ4n) is 1.96. The van der Waals surface area contributed by atoms with E-state index in [-0.39, 0.29) is 12.5 Å². The molecule has 0 atom stereocenters. The Kier molecular flexibility index (Phi) is 4.02. The van der Waals surface area contributed by atoms with Gasteiger partial charge in [0.15, 0.2) is 0 Å². The Balaban J connectivity index is 3.01. The monoisotopic (exact) mass is 250 g/mol. The van der Waals surface area contributed by atoms with Gasteiger partial charge in [0.1, 0.15) is 0 Å². The summed E-state index contributed by atoms with van der Waals surface area (Å²) in [5.74, 6) is -0.124. The van der Waals surface area contributed by atoms with Crippen molar-refractivity contribution < 1.29 is 9.90 Å². The standard InChI is InChI=1S/C14H22N2O2/c1-9-6-10(2)12(15)7-11(9)13(17)16(5)8-14(3,4)18/h6-7,18H,8,15H2,1-5H3. The van der Waals surface area contributed by atoms with Crippen LogP contribution in [0, 0.1) is 13.8 Å². The molecule has 0 aromatic heterocycles. The summed E-state index contributed by atoms with van der Waals surface area (Å²) >= 11 is 0. The number of carbonyl (C=O) groups excluding carboxylic acids is 1. The van der Waals surface area contributed by atoms with Gasteiger partial charge in [-0.2, -0.15) is 0 Å². The summed E-state index contributed by atoms with van der Waals surface area (Å²) in [6.45, 7) is 7.42. The van der Waals surface area contributed by atoms with E-state index < -0.39 is 5.60 Å². The third kappa shape index (κ3) is 3.47. The van der Waals surface area contributed by atoms with Crippen molar-refractivity contribution in [3.8, 4) is 0 Å². The van der Waals surface area contributed by atoms with E-state index in [4.69, 9.17) is 5.73 Å². The first kappa shape index (κ1) is 14.5. The van der Waals surface area contributed by atoms with E-state index in [2.05, 4.69) is 0 Å². The SMILES string of the molecule is Cc1cc(C)c(C(=O)N(C)CC(C)(C)O)cc1N. The largest absolute Gasteiger partial charge is 0.398 e. The van der Waals surface area contributed by atoms with Crippen LogP contribution in [0.25, 0.3) is 0 Å². The summed E-state index contributed by atoms with van der Waals surface area (Å²) in [4.78, 5) is 13.8. The number of benzene rings is 1. The van der Waals surface area contributed by atoms with Crippen LogP contribution < -0.4 is 5.73 Å². The second-order valence-corrected chi connectivity index (χ2v) is 5.50. The minimum atomic E-state index is -0.908. The van der Waals surface area contributed by atoms with Crippen molar-refractivity contribution in [3.05, 3.63) is 28.8 Å². The van der Waals surface area contributed by atoms with Crippen LogP contribution >= 0.6 is 0 Å². The molecule has 1 rings (SSSR count). The van der Waals surface area contributed by atoms with Crippen LogP contribution in [-0.4, -0.2) is 35.1 Å². The van der Waals surface area contributed by atoms with Crippen molar-refractivity contribution >= 4 is 11.6 Å². The zero-order chi connectivity index (χ0) is 14.1. The molecule has 0 aliphatic heterocycles. The summed E-state index contributed by atoms with van der Waals surface area (Å²) in [5.41, 5.74) is 7.99. The Morgan fingerprint density at radius 2 is 1.89 bits per heavy atom. The first-order valence-corrected chi connectivity index (χ1v) is 5.96. The summed E-state index contributed by atoms with van der Waals surface area (Å²) in [6.07, 6.45) is 0. The van der Waals surface area contributed by atoms with Crippen molar-refractivity contribution in [2.45, 2.75) is 33.3 Å². The van der Waals surface area contributed by atoms with E-state index >= 15 is 0 Å². The van der Waals surface area contributed by atoms with Crippen LogP contribution in [0.3, 0.4) is 0 Å². The third-order valence-electron chi connectivity index (χ3n) is 2.81. The van der Waals surface area contributed by atoms with Gasteiger partial charge in [0.25, 0.3) is 5.91 Å². The minimum absolute atomic E-state index is 0.124. The highest BCUT2D eigenvalue weighted by molar-refractivity contribution is 5.96. The van der Waals surface area contributed by atoms with Crippen LogP contribution in [0.1, 0.15) is 35.3 Å². The maximum atomic E-state index is 12.3. The highest BCUT2D eigenvalue weighted by Crippen LogP contribution is 2.19. The second kappa shape index (κ2) is 4.98. The Morgan fingerprint density at radius 1 is 1.33 bits per heavy atom. The van der Waals surface area contributed by atoms with Crippen LogP contribution in [0.2, 0.25) is 0 Å². The highest BCUT2D eigenvalue weighted by atomic mass is 16.3. The number of nitrogens with two attached hydrogens (primary N) is 1. The lowest BCUT2D eigenvalue weighted by Gasteiger charge is -2.26. The van der Waals surface area contributed by atoms with Crippen LogP contribution in [0.5, 0.6) is 0 Å². The molecule has 0 aliphatic carbocycles. The zero-order valence-electron chi connectivity index (χ0n) is 11.7. The van der Waals surface area contributed by atoms with Gasteiger partial charge in [0, 0.05) is 24.8 Å². The van der Waals surface area contributed by atoms with Crippen LogP contribution in [-0.2, 0) is 0 Å². The Labute approximate surface area is 108 Å². The number of likely N-dealkylation sites (N-methyl/N-ethyl adjacent to an activating group) is 1. The van der Waals surface area contributed by atoms with Crippen molar-refractivity contribution in [2.24, 2.45) is 0 Å². The molecular formula is C14H22N2O2. The molecule has 0 aliphatic rings. The van der Waals surface area contributed by atoms with Gasteiger partial charge in [0.05, 0.1) is 5.60 Å². The van der Waals surface area contributed by atoms with E-state index in [1.807, 2.05) is 19.9 Å². The number of aliphatic hydroxyl groups is 1. The lowest BCUT2D eigenvalue weighted by Crippen LogP contribution is -2.40. The number of aryl methyl sites for hydroxylation is 2. The van der Waals surface area contributed by atoms with Gasteiger partial charge in [-0.25, -0.2) is 0 Å². The van der Waals surface area contributed by atoms with Crippen LogP contribution in [0.15, 0.2) is 12.1 Å². The molecule has 0 saturated heterocycles. The van der Waals surface area contributed by atoms with E-state index in [9.17, 15) is 9.90 Å². The Bertz CT molecular complexity index is 462. The Hall–Kier alpha value is -1.55. The van der Waals surface area contributed by atoms with Crippen molar-refractivity contribution in [3.63, 3.8) is 0 Å². The summed E-state index contributed by atoms with van der Waals surface area (Å²) in [5, 5.41) is 9.73. The number of hydrogen-bond acceptors (Lipinski definition) is 3. The molecule has 0 radical (unpaired) electrons. The summed E-state index contributed by atoms with van der Waals surface area (Å²) < 4.78 is 0. The smallest absolute Gasteiger partial charge is 0.254 e. The van der Waals surface area contributed by atoms with Crippen LogP contribution in [0.4, 0.5) is 5.69 Å². The molecule has 4 nitrogen and oxygen atoms in total. The highest BCUT2D eigenvalue weighted by Gasteiger charge is 2.21. The van der Waals surface area contributed by atoms with Gasteiger partial charge in [-0.05, 0) is 44.9 Å². The molecule has 1 aromatic rings. The number of rotatable bonds is 3. The fraction of sp³-hybridized carbons (Fsp3) is 0.500. The maximum Gasteiger partial charge on any atom is 0.254 e. The molecule has 0 bridgehead atoms. The fourth-order valence-corrected chi connectivity index (χ4v) is 1.96. The molecule has 18 heavy (non-hydrogen) atoms. The van der Waals surface area contributed by atoms with E-state index in [0.717, 1.165) is 11.1 Å². The molecule has 0 saturated carbocycles. The van der Waals surface area contributed by atoms with Gasteiger partial charge in [0.2, 0.25) is 0 Å². The van der Waals surface area contributed by atoms with Crippen molar-refractivity contribution in [2.75, 3.05) is 19.3 Å². The quantitative estimate of drug-likeness (QED) is 0.803. The third-order valence-corrected chi connectivity index (χ3v) is 2.81. The number of amides is 1. The van der Waals surface area contributed by atoms with Gasteiger partial charge in [-0.1, -0.05) is 6.07 Å². The molecule has 3 N–H and O–H groups in total. The maximum absolute atomic E-state index is 12.3. The predicted molar refractivity (Wildman–Crippen MR) is 73.6 cm³/mol. The van der Waals surface area contributed by atoms with E-state index in [1.54, 1.807) is 27.0 Å². The molecule has 100 valence electrons. The molecule has 1 aromatic carbocycles. The van der Waals surface area contributed by atoms with Gasteiger partial charge in [-0.15, -0.1) is 0 Å². The molecule has 0 fully saturated rings. The minimum Gasteiger partial charge on any atom is -0.398 e. The van der Waals surface area contributed by atoms with Crippen molar-refractivity contribution in [1.29, 1.82) is 0 Å². The predicted octanol–water partition coefficient (Wildman–Crippen LogP) is 1.73. The number of hydrogen-bond donors (Lipinski definition) is 2. The lowest BCUT2D eigenvalue weighted by molar-refractivity contribution is 0.0367. The average molecular weight is 250 g/mol. The molecule has 4 heteroatoms. The number of nitrogens with zero attached hydrogens (tertiary/aromatic N) is 1. The number of anilines is 1. The van der Waals surface area contributed by atoms with Gasteiger partial charge >= 0.3 is 0 Å². The first-order chi connectivity index (χ1) is 8.11. The van der Waals surface area contributed by atoms with Gasteiger partial charge in [-0.3, -0.25) is 4.79 Å². The summed E-state index contributed by atoms with van der Waals surface area (Å²) in [6, 6.07) is 3.61. The molecular weight excluding hydrogens is 228 g/mol. The Morgan fingerprint density at radius 3 is 2.39 bits per heavy atom. The lowest BCUT2D eigenvalue weighted by atomic mass is 10.0. The van der Waals surface area contributed by atoms with Crippen molar-refractivity contribution in [1.82, 2.24) is 4.90 Å². The number of carbonyl (C=O) groups is 1. The molecule has 0 unspecified atom stereocenters. The zero-order valence-corrected chi connectivity index (χ0v) is 11.7. The van der Waals surface area contributed by atoms with E-state index in [0.29, 0.717) is 11.3 Å². The van der Waals surface area contributed by atoms with Gasteiger partial charge < -0.3 is 15.7 Å².